The van der Waals surface area contributed by atoms with Crippen LogP contribution in [0.1, 0.15) is 29.7 Å². The number of nitrogens with zero attached hydrogens (tertiary/aromatic N) is 2. The molecule has 0 radical (unpaired) electrons. The van der Waals surface area contributed by atoms with Crippen LogP contribution in [-0.4, -0.2) is 11.2 Å². The first-order chi connectivity index (χ1) is 16.5. The number of halogens is 2. The highest BCUT2D eigenvalue weighted by Crippen LogP contribution is 2.28. The van der Waals surface area contributed by atoms with Crippen LogP contribution >= 0.6 is 38.9 Å². The molecule has 0 amide bonds. The van der Waals surface area contributed by atoms with E-state index in [0.29, 0.717) is 21.0 Å². The standard InChI is InChI=1S/C27H20BrClN2O2S/c1-2-33-24-13-8-17(14-21(24)28)15-25-26(32)31-23(19-9-11-20(29)12-10-19)16-22(30-27(31)34-25)18-6-4-3-5-7-18/h3-16,23H,2H2,1H3. The predicted molar refractivity (Wildman–Crippen MR) is 142 cm³/mol. The van der Waals surface area contributed by atoms with E-state index in [4.69, 9.17) is 21.3 Å². The van der Waals surface area contributed by atoms with Crippen LogP contribution in [0, 0.1) is 0 Å². The number of rotatable bonds is 5. The van der Waals surface area contributed by atoms with Gasteiger partial charge in [-0.1, -0.05) is 71.5 Å². The summed E-state index contributed by atoms with van der Waals surface area (Å²) in [6.07, 6.45) is 3.94. The minimum absolute atomic E-state index is 0.0722. The third-order valence-electron chi connectivity index (χ3n) is 5.48. The van der Waals surface area contributed by atoms with Gasteiger partial charge in [-0.2, -0.15) is 0 Å². The summed E-state index contributed by atoms with van der Waals surface area (Å²) >= 11 is 11.1. The van der Waals surface area contributed by atoms with Crippen LogP contribution in [0.4, 0.5) is 0 Å². The minimum atomic E-state index is -0.280. The third kappa shape index (κ3) is 4.53. The van der Waals surface area contributed by atoms with Crippen molar-refractivity contribution in [2.24, 2.45) is 4.99 Å². The second-order valence-corrected chi connectivity index (χ2v) is 10.0. The lowest BCUT2D eigenvalue weighted by atomic mass is 10.0. The topological polar surface area (TPSA) is 43.6 Å². The maximum absolute atomic E-state index is 13.6. The van der Waals surface area contributed by atoms with E-state index in [-0.39, 0.29) is 11.6 Å². The van der Waals surface area contributed by atoms with Crippen molar-refractivity contribution in [1.29, 1.82) is 0 Å². The van der Waals surface area contributed by atoms with E-state index in [1.807, 2.05) is 91.9 Å². The fraction of sp³-hybridized carbons (Fsp3) is 0.111. The Labute approximate surface area is 214 Å². The summed E-state index contributed by atoms with van der Waals surface area (Å²) in [5.74, 6) is 0.774. The number of aromatic nitrogens is 1. The highest BCUT2D eigenvalue weighted by atomic mass is 79.9. The van der Waals surface area contributed by atoms with Gasteiger partial charge in [-0.3, -0.25) is 9.36 Å². The largest absolute Gasteiger partial charge is 0.493 e. The molecule has 7 heteroatoms. The van der Waals surface area contributed by atoms with Crippen LogP contribution in [0.2, 0.25) is 5.02 Å². The smallest absolute Gasteiger partial charge is 0.271 e. The highest BCUT2D eigenvalue weighted by molar-refractivity contribution is 9.10. The van der Waals surface area contributed by atoms with Gasteiger partial charge in [0.2, 0.25) is 0 Å². The van der Waals surface area contributed by atoms with E-state index in [2.05, 4.69) is 15.9 Å². The SMILES string of the molecule is CCOc1ccc(C=c2sc3n(c2=O)C(c2ccc(Cl)cc2)C=C(c2ccccc2)N=3)cc1Br. The van der Waals surface area contributed by atoms with Crippen LogP contribution in [0.15, 0.2) is 93.1 Å². The van der Waals surface area contributed by atoms with E-state index in [0.717, 1.165) is 32.6 Å². The van der Waals surface area contributed by atoms with Crippen molar-refractivity contribution in [1.82, 2.24) is 4.57 Å². The Hall–Kier alpha value is -2.93. The molecule has 5 rings (SSSR count). The maximum atomic E-state index is 13.6. The van der Waals surface area contributed by atoms with E-state index >= 15 is 0 Å². The zero-order valence-corrected chi connectivity index (χ0v) is 21.4. The lowest BCUT2D eigenvalue weighted by Gasteiger charge is -2.19. The molecule has 1 atom stereocenters. The van der Waals surface area contributed by atoms with Crippen molar-refractivity contribution in [3.63, 3.8) is 0 Å². The lowest BCUT2D eigenvalue weighted by Crippen LogP contribution is -2.36. The first-order valence-electron chi connectivity index (χ1n) is 10.8. The molecule has 0 fully saturated rings. The number of benzene rings is 3. The van der Waals surface area contributed by atoms with Gasteiger partial charge in [-0.25, -0.2) is 4.99 Å². The fourth-order valence-corrected chi connectivity index (χ4v) is 5.53. The van der Waals surface area contributed by atoms with Gasteiger partial charge in [0.05, 0.1) is 27.4 Å². The van der Waals surface area contributed by atoms with Gasteiger partial charge in [0.1, 0.15) is 5.75 Å². The van der Waals surface area contributed by atoms with Crippen LogP contribution < -0.4 is 19.6 Å². The zero-order chi connectivity index (χ0) is 23.7. The molecular formula is C27H20BrClN2O2S. The molecule has 34 heavy (non-hydrogen) atoms. The molecule has 4 aromatic rings. The summed E-state index contributed by atoms with van der Waals surface area (Å²) < 4.78 is 8.83. The van der Waals surface area contributed by atoms with Gasteiger partial charge < -0.3 is 4.74 Å². The number of hydrogen-bond donors (Lipinski definition) is 0. The molecule has 1 aromatic heterocycles. The number of fused-ring (bicyclic) bond motifs is 1. The van der Waals surface area contributed by atoms with Gasteiger partial charge in [0.15, 0.2) is 4.80 Å². The predicted octanol–water partition coefficient (Wildman–Crippen LogP) is 5.82. The van der Waals surface area contributed by atoms with Crippen molar-refractivity contribution < 1.29 is 4.74 Å². The zero-order valence-electron chi connectivity index (χ0n) is 18.2. The number of ether oxygens (including phenoxy) is 1. The average molecular weight is 552 g/mol. The Morgan fingerprint density at radius 1 is 1.12 bits per heavy atom. The van der Waals surface area contributed by atoms with E-state index < -0.39 is 0 Å². The average Bonchev–Trinajstić information content (AvgIpc) is 3.16. The molecule has 2 heterocycles. The van der Waals surface area contributed by atoms with Gasteiger partial charge in [-0.15, -0.1) is 0 Å². The molecule has 170 valence electrons. The second-order valence-electron chi connectivity index (χ2n) is 7.72. The molecule has 0 aliphatic carbocycles. The normalized spacial score (nSPS) is 15.4. The van der Waals surface area contributed by atoms with E-state index in [1.165, 1.54) is 11.3 Å². The summed E-state index contributed by atoms with van der Waals surface area (Å²) in [6, 6.07) is 23.1. The summed E-state index contributed by atoms with van der Waals surface area (Å²) in [7, 11) is 0. The molecule has 1 unspecified atom stereocenters. The fourth-order valence-electron chi connectivity index (χ4n) is 3.88. The van der Waals surface area contributed by atoms with Gasteiger partial charge in [0.25, 0.3) is 5.56 Å². The molecule has 0 bridgehead atoms. The van der Waals surface area contributed by atoms with Gasteiger partial charge in [-0.05, 0) is 76.0 Å². The highest BCUT2D eigenvalue weighted by Gasteiger charge is 2.22. The summed E-state index contributed by atoms with van der Waals surface area (Å²) in [4.78, 5) is 19.1. The molecule has 0 N–H and O–H groups in total. The Balaban J connectivity index is 1.67. The van der Waals surface area contributed by atoms with Crippen LogP contribution in [-0.2, 0) is 0 Å². The summed E-state index contributed by atoms with van der Waals surface area (Å²) in [5, 5.41) is 0.657. The molecule has 1 aliphatic rings. The molecule has 4 nitrogen and oxygen atoms in total. The van der Waals surface area contributed by atoms with Crippen molar-refractivity contribution in [3.05, 3.63) is 125 Å². The summed E-state index contributed by atoms with van der Waals surface area (Å²) in [5.41, 5.74) is 3.67. The molecule has 1 aliphatic heterocycles. The van der Waals surface area contributed by atoms with E-state index in [9.17, 15) is 4.79 Å². The van der Waals surface area contributed by atoms with Crippen molar-refractivity contribution in [2.45, 2.75) is 13.0 Å². The van der Waals surface area contributed by atoms with Crippen LogP contribution in [0.25, 0.3) is 11.8 Å². The van der Waals surface area contributed by atoms with Crippen LogP contribution in [0.3, 0.4) is 0 Å². The molecular weight excluding hydrogens is 532 g/mol. The monoisotopic (exact) mass is 550 g/mol. The van der Waals surface area contributed by atoms with Gasteiger partial charge >= 0.3 is 0 Å². The summed E-state index contributed by atoms with van der Waals surface area (Å²) in [6.45, 7) is 2.53. The Bertz CT molecular complexity index is 1560. The minimum Gasteiger partial charge on any atom is -0.493 e. The van der Waals surface area contributed by atoms with Crippen molar-refractivity contribution in [2.75, 3.05) is 6.61 Å². The maximum Gasteiger partial charge on any atom is 0.271 e. The molecule has 0 spiro atoms. The Morgan fingerprint density at radius 2 is 1.88 bits per heavy atom. The quantitative estimate of drug-likeness (QED) is 0.314. The molecule has 0 saturated carbocycles. The van der Waals surface area contributed by atoms with Crippen molar-refractivity contribution in [3.8, 4) is 5.75 Å². The second kappa shape index (κ2) is 9.74. The number of hydrogen-bond acceptors (Lipinski definition) is 4. The van der Waals surface area contributed by atoms with Crippen LogP contribution in [0.5, 0.6) is 5.75 Å². The van der Waals surface area contributed by atoms with Gasteiger partial charge in [0, 0.05) is 5.02 Å². The lowest BCUT2D eigenvalue weighted by molar-refractivity contribution is 0.338. The Kier molecular flexibility index (Phi) is 6.55. The van der Waals surface area contributed by atoms with Crippen molar-refractivity contribution >= 4 is 50.6 Å². The number of allylic oxidation sites excluding steroid dienone is 1. The third-order valence-corrected chi connectivity index (χ3v) is 7.34. The first-order valence-corrected chi connectivity index (χ1v) is 12.8. The first kappa shape index (κ1) is 22.8. The Morgan fingerprint density at radius 3 is 2.59 bits per heavy atom. The number of thiazole rings is 1. The molecule has 3 aromatic carbocycles. The molecule has 0 saturated heterocycles. The van der Waals surface area contributed by atoms with E-state index in [1.54, 1.807) is 4.57 Å².